The van der Waals surface area contributed by atoms with Crippen LogP contribution in [0.2, 0.25) is 5.02 Å². The molecule has 0 unspecified atom stereocenters. The normalized spacial score (nSPS) is 11.2. The summed E-state index contributed by atoms with van der Waals surface area (Å²) in [6, 6.07) is 1.83. The Morgan fingerprint density at radius 1 is 1.06 bits per heavy atom. The number of nitrogens with one attached hydrogen (secondary N) is 2. The van der Waals surface area contributed by atoms with Crippen LogP contribution in [0.5, 0.6) is 0 Å². The van der Waals surface area contributed by atoms with Gasteiger partial charge in [0.2, 0.25) is 0 Å². The largest absolute Gasteiger partial charge is 0.300 e. The van der Waals surface area contributed by atoms with Gasteiger partial charge < -0.3 is 0 Å². The number of fused-ring (bicyclic) bond motifs is 3. The third kappa shape index (κ3) is 1.61. The molecule has 0 saturated heterocycles. The molecule has 17 heavy (non-hydrogen) atoms. The molecular weight excluding hydrogens is 280 g/mol. The smallest absolute Gasteiger partial charge is 0.198 e. The van der Waals surface area contributed by atoms with Gasteiger partial charge in [-0.25, -0.2) is 21.7 Å². The Labute approximate surface area is 109 Å². The van der Waals surface area contributed by atoms with E-state index >= 15 is 0 Å². The highest BCUT2D eigenvalue weighted by Crippen LogP contribution is 2.39. The predicted octanol–water partition coefficient (Wildman–Crippen LogP) is 2.13. The van der Waals surface area contributed by atoms with Crippen molar-refractivity contribution in [2.24, 2.45) is 11.7 Å². The lowest BCUT2D eigenvalue weighted by atomic mass is 10.3. The van der Waals surface area contributed by atoms with E-state index in [0.717, 1.165) is 14.9 Å². The molecule has 0 bridgehead atoms. The third-order valence-corrected chi connectivity index (χ3v) is 4.44. The molecule has 2 aromatic heterocycles. The first-order valence-electron chi connectivity index (χ1n) is 4.55. The highest BCUT2D eigenvalue weighted by atomic mass is 35.5. The lowest BCUT2D eigenvalue weighted by Crippen LogP contribution is -2.05. The van der Waals surface area contributed by atoms with Gasteiger partial charge in [-0.2, -0.15) is 0 Å². The monoisotopic (exact) mass is 286 g/mol. The zero-order valence-electron chi connectivity index (χ0n) is 8.32. The van der Waals surface area contributed by atoms with Gasteiger partial charge in [0.05, 0.1) is 14.4 Å². The topological polar surface area (TPSA) is 102 Å². The summed E-state index contributed by atoms with van der Waals surface area (Å²) in [6.07, 6.45) is 0. The second kappa shape index (κ2) is 3.93. The van der Waals surface area contributed by atoms with Crippen molar-refractivity contribution in [2.45, 2.75) is 0 Å². The molecule has 0 aliphatic heterocycles. The summed E-state index contributed by atoms with van der Waals surface area (Å²) in [5.41, 5.74) is 6.58. The molecule has 0 spiro atoms. The lowest BCUT2D eigenvalue weighted by Gasteiger charge is -1.92. The minimum absolute atomic E-state index is 0.581. The number of hydrogen-bond acceptors (Lipinski definition) is 8. The van der Waals surface area contributed by atoms with Crippen LogP contribution in [0.4, 0.5) is 10.3 Å². The molecule has 0 radical (unpaired) electrons. The second-order valence-corrected chi connectivity index (χ2v) is 5.65. The van der Waals surface area contributed by atoms with Crippen LogP contribution < -0.4 is 22.5 Å². The molecule has 0 aliphatic carbocycles. The number of aromatic nitrogens is 2. The minimum atomic E-state index is 0.581. The van der Waals surface area contributed by atoms with Crippen LogP contribution >= 0.6 is 34.3 Å². The summed E-state index contributed by atoms with van der Waals surface area (Å²) in [5.74, 6) is 10.7. The van der Waals surface area contributed by atoms with E-state index in [4.69, 9.17) is 23.3 Å². The van der Waals surface area contributed by atoms with Crippen LogP contribution in [-0.4, -0.2) is 9.97 Å². The highest BCUT2D eigenvalue weighted by Gasteiger charge is 2.14. The van der Waals surface area contributed by atoms with Crippen LogP contribution in [0.1, 0.15) is 0 Å². The fourth-order valence-electron chi connectivity index (χ4n) is 1.54. The molecule has 0 aliphatic rings. The number of anilines is 2. The molecule has 0 atom stereocenters. The van der Waals surface area contributed by atoms with E-state index in [9.17, 15) is 0 Å². The fourth-order valence-corrected chi connectivity index (χ4v) is 3.69. The summed E-state index contributed by atoms with van der Waals surface area (Å²) in [5, 5.41) is 1.82. The van der Waals surface area contributed by atoms with Gasteiger partial charge in [0.1, 0.15) is 11.0 Å². The van der Waals surface area contributed by atoms with Gasteiger partial charge in [-0.05, 0) is 6.07 Å². The molecule has 1 aromatic carbocycles. The number of nitrogens with zero attached hydrogens (tertiary/aromatic N) is 2. The van der Waals surface area contributed by atoms with Gasteiger partial charge in [-0.15, -0.1) is 0 Å². The zero-order valence-corrected chi connectivity index (χ0v) is 10.7. The molecule has 6 N–H and O–H groups in total. The first-order valence-corrected chi connectivity index (χ1v) is 6.57. The maximum absolute atomic E-state index is 6.16. The summed E-state index contributed by atoms with van der Waals surface area (Å²) >= 11 is 9.01. The van der Waals surface area contributed by atoms with Crippen molar-refractivity contribution >= 4 is 65.0 Å². The van der Waals surface area contributed by atoms with Crippen molar-refractivity contribution in [3.05, 3.63) is 11.1 Å². The molecule has 88 valence electrons. The van der Waals surface area contributed by atoms with E-state index < -0.39 is 0 Å². The third-order valence-electron chi connectivity index (χ3n) is 2.23. The maximum Gasteiger partial charge on any atom is 0.198 e. The lowest BCUT2D eigenvalue weighted by molar-refractivity contribution is 1.31. The van der Waals surface area contributed by atoms with Crippen LogP contribution in [0.3, 0.4) is 0 Å². The van der Waals surface area contributed by atoms with Crippen LogP contribution in [0.25, 0.3) is 20.4 Å². The molecule has 3 aromatic rings. The number of thiazole rings is 2. The highest BCUT2D eigenvalue weighted by molar-refractivity contribution is 7.25. The molecule has 3 rings (SSSR count). The SMILES string of the molecule is NNc1nc2c(cc(Cl)c3nc(NN)sc32)s1. The standard InChI is InChI=1S/C8H7ClN6S2/c9-2-1-3-5(13-7(14-10)16-3)6-4(2)12-8(15-11)17-6/h1H,10-11H2,(H,12,15)(H,13,14). The van der Waals surface area contributed by atoms with Gasteiger partial charge >= 0.3 is 0 Å². The number of nitrogens with two attached hydrogens (primary N) is 2. The zero-order chi connectivity index (χ0) is 12.0. The summed E-state index contributed by atoms with van der Waals surface area (Å²) in [7, 11) is 0. The number of hydrazine groups is 2. The minimum Gasteiger partial charge on any atom is -0.300 e. The maximum atomic E-state index is 6.16. The summed E-state index contributed by atoms with van der Waals surface area (Å²) in [6.45, 7) is 0. The van der Waals surface area contributed by atoms with Crippen molar-refractivity contribution < 1.29 is 0 Å². The Morgan fingerprint density at radius 2 is 1.71 bits per heavy atom. The van der Waals surface area contributed by atoms with E-state index in [2.05, 4.69) is 20.8 Å². The van der Waals surface area contributed by atoms with Crippen molar-refractivity contribution in [3.63, 3.8) is 0 Å². The van der Waals surface area contributed by atoms with Gasteiger partial charge in [0.25, 0.3) is 0 Å². The van der Waals surface area contributed by atoms with Crippen LogP contribution in [-0.2, 0) is 0 Å². The van der Waals surface area contributed by atoms with Gasteiger partial charge in [-0.3, -0.25) is 10.9 Å². The van der Waals surface area contributed by atoms with Gasteiger partial charge in [-0.1, -0.05) is 34.3 Å². The molecule has 0 fully saturated rings. The Morgan fingerprint density at radius 3 is 2.41 bits per heavy atom. The van der Waals surface area contributed by atoms with E-state index in [1.54, 1.807) is 0 Å². The molecule has 0 saturated carbocycles. The molecule has 0 amide bonds. The number of halogens is 1. The predicted molar refractivity (Wildman–Crippen MR) is 73.4 cm³/mol. The first-order chi connectivity index (χ1) is 8.22. The Balaban J connectivity index is 2.43. The number of benzene rings is 1. The van der Waals surface area contributed by atoms with E-state index in [0.29, 0.717) is 20.8 Å². The van der Waals surface area contributed by atoms with Crippen LogP contribution in [0, 0.1) is 0 Å². The first kappa shape index (κ1) is 10.9. The molecule has 9 heteroatoms. The Kier molecular flexibility index (Phi) is 2.53. The number of hydrogen-bond donors (Lipinski definition) is 4. The Bertz CT molecular complexity index is 705. The van der Waals surface area contributed by atoms with Gasteiger partial charge in [0, 0.05) is 0 Å². The van der Waals surface area contributed by atoms with Crippen LogP contribution in [0.15, 0.2) is 6.07 Å². The van der Waals surface area contributed by atoms with E-state index in [-0.39, 0.29) is 0 Å². The average molecular weight is 287 g/mol. The van der Waals surface area contributed by atoms with Crippen molar-refractivity contribution in [1.82, 2.24) is 9.97 Å². The fraction of sp³-hybridized carbons (Fsp3) is 0. The van der Waals surface area contributed by atoms with E-state index in [1.165, 1.54) is 22.7 Å². The van der Waals surface area contributed by atoms with Crippen molar-refractivity contribution in [2.75, 3.05) is 10.9 Å². The van der Waals surface area contributed by atoms with Crippen molar-refractivity contribution in [1.29, 1.82) is 0 Å². The van der Waals surface area contributed by atoms with E-state index in [1.807, 2.05) is 6.07 Å². The summed E-state index contributed by atoms with van der Waals surface area (Å²) in [4.78, 5) is 8.65. The summed E-state index contributed by atoms with van der Waals surface area (Å²) < 4.78 is 1.86. The second-order valence-electron chi connectivity index (χ2n) is 3.21. The average Bonchev–Trinajstić information content (AvgIpc) is 2.91. The Hall–Kier alpha value is -1.19. The number of nitrogen functional groups attached to an aromatic ring is 2. The number of rotatable bonds is 2. The molecular formula is C8H7ClN6S2. The molecule has 6 nitrogen and oxygen atoms in total. The quantitative estimate of drug-likeness (QED) is 0.425. The van der Waals surface area contributed by atoms with Crippen molar-refractivity contribution in [3.8, 4) is 0 Å². The van der Waals surface area contributed by atoms with Gasteiger partial charge in [0.15, 0.2) is 10.3 Å². The molecule has 2 heterocycles.